The number of rotatable bonds is 3. The molecule has 1 saturated heterocycles. The van der Waals surface area contributed by atoms with Gasteiger partial charge in [0.05, 0.1) is 17.7 Å². The van der Waals surface area contributed by atoms with E-state index in [4.69, 9.17) is 4.74 Å². The third kappa shape index (κ3) is 3.35. The number of methoxy groups -OCH3 is 1. The number of carbonyl (C=O) groups excluding carboxylic acids is 1. The van der Waals surface area contributed by atoms with Crippen molar-refractivity contribution in [3.8, 4) is 5.75 Å². The Hall–Kier alpha value is -2.60. The quantitative estimate of drug-likeness (QED) is 0.940. The summed E-state index contributed by atoms with van der Waals surface area (Å²) in [6.45, 7) is 0. The van der Waals surface area contributed by atoms with Crippen LogP contribution in [0.1, 0.15) is 5.56 Å². The van der Waals surface area contributed by atoms with Crippen molar-refractivity contribution in [3.05, 3.63) is 59.3 Å². The summed E-state index contributed by atoms with van der Waals surface area (Å²) in [5.74, 6) is 1.31. The molecule has 1 aromatic heterocycles. The van der Waals surface area contributed by atoms with E-state index in [-0.39, 0.29) is 5.24 Å². The topological polar surface area (TPSA) is 63.6 Å². The fourth-order valence-electron chi connectivity index (χ4n) is 1.91. The second-order valence-corrected chi connectivity index (χ2v) is 5.48. The molecule has 1 aromatic carbocycles. The number of nitrogens with one attached hydrogen (secondary N) is 1. The minimum Gasteiger partial charge on any atom is -0.497 e. The minimum absolute atomic E-state index is 0.137. The van der Waals surface area contributed by atoms with Crippen LogP contribution < -0.4 is 10.1 Å². The minimum atomic E-state index is -0.137. The molecule has 0 radical (unpaired) electrons. The van der Waals surface area contributed by atoms with Crippen LogP contribution in [0.25, 0.3) is 6.08 Å². The Balaban J connectivity index is 1.91. The number of benzene rings is 1. The van der Waals surface area contributed by atoms with Crippen LogP contribution in [0.4, 0.5) is 10.5 Å². The molecule has 1 fully saturated rings. The fraction of sp³-hybridized carbons (Fsp3) is 0.0625. The summed E-state index contributed by atoms with van der Waals surface area (Å²) in [5.41, 5.74) is 1.67. The molecule has 5 nitrogen and oxygen atoms in total. The number of thioether (sulfide) groups is 1. The molecule has 2 aromatic rings. The van der Waals surface area contributed by atoms with Crippen molar-refractivity contribution in [3.63, 3.8) is 0 Å². The Labute approximate surface area is 132 Å². The number of nitrogens with zero attached hydrogens (tertiary/aromatic N) is 2. The highest BCUT2D eigenvalue weighted by Gasteiger charge is 2.23. The number of amidine groups is 1. The molecule has 2 heterocycles. The number of ether oxygens (including phenoxy) is 1. The zero-order valence-electron chi connectivity index (χ0n) is 11.8. The third-order valence-corrected chi connectivity index (χ3v) is 3.77. The predicted octanol–water partition coefficient (Wildman–Crippen LogP) is 3.62. The number of aromatic nitrogens is 1. The molecule has 1 aliphatic heterocycles. The zero-order valence-corrected chi connectivity index (χ0v) is 12.6. The van der Waals surface area contributed by atoms with Crippen LogP contribution in [0.5, 0.6) is 5.75 Å². The highest BCUT2D eigenvalue weighted by molar-refractivity contribution is 8.18. The van der Waals surface area contributed by atoms with Crippen LogP contribution in [0.15, 0.2) is 58.7 Å². The molecule has 1 N–H and O–H groups in total. The number of hydrogen-bond donors (Lipinski definition) is 1. The summed E-state index contributed by atoms with van der Waals surface area (Å²) in [7, 11) is 1.61. The van der Waals surface area contributed by atoms with E-state index in [9.17, 15) is 4.79 Å². The summed E-state index contributed by atoms with van der Waals surface area (Å²) >= 11 is 1.12. The van der Waals surface area contributed by atoms with E-state index in [1.807, 2.05) is 42.5 Å². The Kier molecular flexibility index (Phi) is 4.20. The Morgan fingerprint density at radius 1 is 1.27 bits per heavy atom. The van der Waals surface area contributed by atoms with Crippen molar-refractivity contribution >= 4 is 34.6 Å². The number of carbonyl (C=O) groups is 1. The SMILES string of the molecule is COc1ccc(N=C2NC(=O)SC2=Cc2cccnc2)cc1. The summed E-state index contributed by atoms with van der Waals surface area (Å²) in [4.78, 5) is 21.0. The third-order valence-electron chi connectivity index (χ3n) is 2.95. The van der Waals surface area contributed by atoms with Gasteiger partial charge in [0.25, 0.3) is 5.24 Å². The summed E-state index contributed by atoms with van der Waals surface area (Å²) in [6, 6.07) is 11.1. The molecule has 0 aliphatic carbocycles. The van der Waals surface area contributed by atoms with Gasteiger partial charge in [-0.05, 0) is 53.7 Å². The van der Waals surface area contributed by atoms with Crippen molar-refractivity contribution < 1.29 is 9.53 Å². The summed E-state index contributed by atoms with van der Waals surface area (Å²) in [6.07, 6.45) is 5.33. The van der Waals surface area contributed by atoms with Crippen molar-refractivity contribution in [2.24, 2.45) is 4.99 Å². The second kappa shape index (κ2) is 6.44. The molecule has 1 aliphatic rings. The van der Waals surface area contributed by atoms with E-state index in [2.05, 4.69) is 15.3 Å². The molecular formula is C16H13N3O2S. The molecule has 0 spiro atoms. The monoisotopic (exact) mass is 311 g/mol. The molecule has 1 amide bonds. The highest BCUT2D eigenvalue weighted by atomic mass is 32.2. The largest absolute Gasteiger partial charge is 0.497 e. The number of hydrogen-bond acceptors (Lipinski definition) is 5. The first-order valence-electron chi connectivity index (χ1n) is 6.58. The Bertz CT molecular complexity index is 740. The van der Waals surface area contributed by atoms with Crippen molar-refractivity contribution in [2.75, 3.05) is 7.11 Å². The van der Waals surface area contributed by atoms with Crippen molar-refractivity contribution in [1.82, 2.24) is 10.3 Å². The second-order valence-electron chi connectivity index (χ2n) is 4.47. The van der Waals surface area contributed by atoms with Gasteiger partial charge in [0.15, 0.2) is 0 Å². The highest BCUT2D eigenvalue weighted by Crippen LogP contribution is 2.28. The smallest absolute Gasteiger partial charge is 0.289 e. The lowest BCUT2D eigenvalue weighted by molar-refractivity contribution is 0.265. The number of amides is 1. The first kappa shape index (κ1) is 14.3. The zero-order chi connectivity index (χ0) is 15.4. The van der Waals surface area contributed by atoms with Crippen LogP contribution in [-0.4, -0.2) is 23.2 Å². The van der Waals surface area contributed by atoms with E-state index >= 15 is 0 Å². The van der Waals surface area contributed by atoms with Gasteiger partial charge < -0.3 is 10.1 Å². The van der Waals surface area contributed by atoms with Gasteiger partial charge in [-0.25, -0.2) is 4.99 Å². The summed E-state index contributed by atoms with van der Waals surface area (Å²) < 4.78 is 5.12. The molecule has 110 valence electrons. The maximum atomic E-state index is 11.6. The van der Waals surface area contributed by atoms with Crippen molar-refractivity contribution in [1.29, 1.82) is 0 Å². The molecular weight excluding hydrogens is 298 g/mol. The van der Waals surface area contributed by atoms with Gasteiger partial charge in [0.2, 0.25) is 0 Å². The average molecular weight is 311 g/mol. The summed E-state index contributed by atoms with van der Waals surface area (Å²) in [5, 5.41) is 2.62. The molecule has 0 unspecified atom stereocenters. The molecule has 6 heteroatoms. The maximum Gasteiger partial charge on any atom is 0.289 e. The van der Waals surface area contributed by atoms with Gasteiger partial charge in [-0.3, -0.25) is 9.78 Å². The van der Waals surface area contributed by atoms with E-state index in [1.165, 1.54) is 0 Å². The van der Waals surface area contributed by atoms with Crippen LogP contribution in [-0.2, 0) is 0 Å². The van der Waals surface area contributed by atoms with Crippen LogP contribution in [0.2, 0.25) is 0 Å². The van der Waals surface area contributed by atoms with Gasteiger partial charge in [-0.1, -0.05) is 6.07 Å². The maximum absolute atomic E-state index is 11.6. The van der Waals surface area contributed by atoms with Gasteiger partial charge >= 0.3 is 0 Å². The fourth-order valence-corrected chi connectivity index (χ4v) is 2.65. The Morgan fingerprint density at radius 2 is 2.09 bits per heavy atom. The van der Waals surface area contributed by atoms with Gasteiger partial charge in [0, 0.05) is 12.4 Å². The van der Waals surface area contributed by atoms with Gasteiger partial charge in [-0.15, -0.1) is 0 Å². The first-order valence-corrected chi connectivity index (χ1v) is 7.40. The standard InChI is InChI=1S/C16H13N3O2S/c1-21-13-6-4-12(5-7-13)18-15-14(22-16(20)19-15)9-11-3-2-8-17-10-11/h2-10H,1H3,(H,18,19,20). The molecule has 0 bridgehead atoms. The molecule has 3 rings (SSSR count). The van der Waals surface area contributed by atoms with E-state index in [0.717, 1.165) is 33.7 Å². The first-order chi connectivity index (χ1) is 10.7. The molecule has 22 heavy (non-hydrogen) atoms. The average Bonchev–Trinajstić information content (AvgIpc) is 2.88. The normalized spacial score (nSPS) is 17.8. The Morgan fingerprint density at radius 3 is 2.77 bits per heavy atom. The van der Waals surface area contributed by atoms with E-state index in [1.54, 1.807) is 19.5 Å². The van der Waals surface area contributed by atoms with Gasteiger partial charge in [0.1, 0.15) is 11.6 Å². The lowest BCUT2D eigenvalue weighted by Crippen LogP contribution is -2.18. The number of aliphatic imine (C=N–C) groups is 1. The van der Waals surface area contributed by atoms with Gasteiger partial charge in [-0.2, -0.15) is 0 Å². The predicted molar refractivity (Wildman–Crippen MR) is 88.4 cm³/mol. The van der Waals surface area contributed by atoms with Crippen molar-refractivity contribution in [2.45, 2.75) is 0 Å². The van der Waals surface area contributed by atoms with Crippen LogP contribution in [0.3, 0.4) is 0 Å². The lowest BCUT2D eigenvalue weighted by Gasteiger charge is -2.01. The van der Waals surface area contributed by atoms with Crippen LogP contribution >= 0.6 is 11.8 Å². The molecule has 0 saturated carbocycles. The van der Waals surface area contributed by atoms with Crippen LogP contribution in [0, 0.1) is 0 Å². The number of pyridine rings is 1. The lowest BCUT2D eigenvalue weighted by atomic mass is 10.2. The van der Waals surface area contributed by atoms with E-state index < -0.39 is 0 Å². The molecule has 0 atom stereocenters. The van der Waals surface area contributed by atoms with E-state index in [0.29, 0.717) is 5.84 Å².